The second kappa shape index (κ2) is 7.26. The van der Waals surface area contributed by atoms with Gasteiger partial charge in [-0.15, -0.1) is 0 Å². The Morgan fingerprint density at radius 1 is 1.32 bits per heavy atom. The van der Waals surface area contributed by atoms with Gasteiger partial charge in [-0.1, -0.05) is 32.5 Å². The summed E-state index contributed by atoms with van der Waals surface area (Å²) in [5, 5.41) is 12.9. The predicted molar refractivity (Wildman–Crippen MR) is 73.2 cm³/mol. The van der Waals surface area contributed by atoms with Crippen LogP contribution in [0.2, 0.25) is 0 Å². The molecule has 6 heteroatoms. The first-order valence-corrected chi connectivity index (χ1v) is 7.20. The molecule has 2 N–H and O–H groups in total. The second-order valence-corrected chi connectivity index (χ2v) is 6.43. The highest BCUT2D eigenvalue weighted by molar-refractivity contribution is 7.98. The third-order valence-corrected chi connectivity index (χ3v) is 3.41. The van der Waals surface area contributed by atoms with Crippen molar-refractivity contribution >= 4 is 11.8 Å². The lowest BCUT2D eigenvalue weighted by Gasteiger charge is -2.25. The molecule has 0 fully saturated rings. The molecule has 0 aliphatic carbocycles. The Morgan fingerprint density at radius 2 is 1.95 bits per heavy atom. The van der Waals surface area contributed by atoms with Crippen molar-refractivity contribution in [3.05, 3.63) is 23.7 Å². The Kier molecular flexibility index (Phi) is 6.29. The molecule has 110 valence electrons. The van der Waals surface area contributed by atoms with Gasteiger partial charge in [0.25, 0.3) is 5.76 Å². The highest BCUT2D eigenvalue weighted by Gasteiger charge is 2.21. The fourth-order valence-electron chi connectivity index (χ4n) is 1.38. The lowest BCUT2D eigenvalue weighted by molar-refractivity contribution is 0.0623. The van der Waals surface area contributed by atoms with Crippen LogP contribution in [0.15, 0.2) is 16.5 Å². The number of aliphatic hydroxyl groups is 1. The molecule has 0 aromatic carbocycles. The largest absolute Gasteiger partial charge is 0.464 e. The fraction of sp³-hybridized carbons (Fsp3) is 0.692. The van der Waals surface area contributed by atoms with Crippen LogP contribution < -0.4 is 5.32 Å². The summed E-state index contributed by atoms with van der Waals surface area (Å²) in [5.41, 5.74) is -0.171. The van der Waals surface area contributed by atoms with Crippen LogP contribution in [-0.4, -0.2) is 23.5 Å². The van der Waals surface area contributed by atoms with Crippen molar-refractivity contribution in [1.29, 1.82) is 0 Å². The highest BCUT2D eigenvalue weighted by Crippen LogP contribution is 2.21. The Labute approximate surface area is 116 Å². The number of hydrogen-bond acceptors (Lipinski definition) is 4. The smallest absolute Gasteiger partial charge is 0.284 e. The summed E-state index contributed by atoms with van der Waals surface area (Å²) in [6, 6.07) is 3.46. The van der Waals surface area contributed by atoms with Gasteiger partial charge in [-0.05, 0) is 17.5 Å². The maximum Gasteiger partial charge on any atom is 0.284 e. The average Bonchev–Trinajstić information content (AvgIpc) is 2.73. The first kappa shape index (κ1) is 16.5. The number of nitrogens with one attached hydrogen (secondary N) is 1. The monoisotopic (exact) mass is 293 g/mol. The van der Waals surface area contributed by atoms with E-state index in [4.69, 9.17) is 4.42 Å². The number of rotatable bonds is 7. The van der Waals surface area contributed by atoms with Crippen LogP contribution in [0.25, 0.3) is 0 Å². The van der Waals surface area contributed by atoms with E-state index in [2.05, 4.69) is 5.32 Å². The van der Waals surface area contributed by atoms with E-state index in [1.54, 1.807) is 12.1 Å². The van der Waals surface area contributed by atoms with Gasteiger partial charge >= 0.3 is 0 Å². The van der Waals surface area contributed by atoms with Crippen LogP contribution in [0, 0.1) is 5.41 Å². The zero-order chi connectivity index (χ0) is 14.5. The molecular formula is C13H21F2NO2S. The zero-order valence-electron chi connectivity index (χ0n) is 11.5. The summed E-state index contributed by atoms with van der Waals surface area (Å²) in [7, 11) is 0. The molecule has 0 bridgehead atoms. The molecule has 0 radical (unpaired) electrons. The SMILES string of the molecule is CC(C)(C)C(O)CNCc1ccc(CSC(F)F)o1. The van der Waals surface area contributed by atoms with Gasteiger partial charge in [-0.2, -0.15) is 8.78 Å². The van der Waals surface area contributed by atoms with Gasteiger partial charge in [0.05, 0.1) is 18.4 Å². The van der Waals surface area contributed by atoms with Gasteiger partial charge < -0.3 is 14.8 Å². The molecule has 1 aromatic rings. The predicted octanol–water partition coefficient (Wildman–Crippen LogP) is 3.23. The first-order valence-electron chi connectivity index (χ1n) is 6.15. The summed E-state index contributed by atoms with van der Waals surface area (Å²) < 4.78 is 29.4. The highest BCUT2D eigenvalue weighted by atomic mass is 32.2. The van der Waals surface area contributed by atoms with Crippen molar-refractivity contribution < 1.29 is 18.3 Å². The van der Waals surface area contributed by atoms with Gasteiger partial charge in [0.15, 0.2) is 0 Å². The van der Waals surface area contributed by atoms with Crippen molar-refractivity contribution in [1.82, 2.24) is 5.32 Å². The van der Waals surface area contributed by atoms with Crippen LogP contribution in [-0.2, 0) is 12.3 Å². The third kappa shape index (κ3) is 6.40. The molecule has 0 spiro atoms. The van der Waals surface area contributed by atoms with Crippen LogP contribution >= 0.6 is 11.8 Å². The average molecular weight is 293 g/mol. The van der Waals surface area contributed by atoms with Crippen molar-refractivity contribution in [3.63, 3.8) is 0 Å². The van der Waals surface area contributed by atoms with Crippen LogP contribution in [0.5, 0.6) is 0 Å². The maximum absolute atomic E-state index is 12.0. The van der Waals surface area contributed by atoms with E-state index in [1.807, 2.05) is 20.8 Å². The number of furan rings is 1. The van der Waals surface area contributed by atoms with Crippen LogP contribution in [0.4, 0.5) is 8.78 Å². The summed E-state index contributed by atoms with van der Waals surface area (Å²) in [6.45, 7) is 6.83. The van der Waals surface area contributed by atoms with E-state index < -0.39 is 11.9 Å². The Hall–Kier alpha value is -0.590. The van der Waals surface area contributed by atoms with Crippen molar-refractivity contribution in [2.75, 3.05) is 6.54 Å². The molecular weight excluding hydrogens is 272 g/mol. The Morgan fingerprint density at radius 3 is 2.53 bits per heavy atom. The topological polar surface area (TPSA) is 45.4 Å². The molecule has 1 rings (SSSR count). The van der Waals surface area contributed by atoms with Gasteiger partial charge in [0, 0.05) is 6.54 Å². The minimum absolute atomic E-state index is 0.169. The Bertz CT molecular complexity index is 377. The molecule has 1 unspecified atom stereocenters. The van der Waals surface area contributed by atoms with Crippen molar-refractivity contribution in [2.45, 2.75) is 44.9 Å². The molecule has 0 saturated heterocycles. The molecule has 1 heterocycles. The van der Waals surface area contributed by atoms with E-state index in [0.29, 0.717) is 36.4 Å². The van der Waals surface area contributed by atoms with Crippen LogP contribution in [0.3, 0.4) is 0 Å². The zero-order valence-corrected chi connectivity index (χ0v) is 12.3. The van der Waals surface area contributed by atoms with E-state index >= 15 is 0 Å². The lowest BCUT2D eigenvalue weighted by atomic mass is 9.89. The first-order chi connectivity index (χ1) is 8.79. The lowest BCUT2D eigenvalue weighted by Crippen LogP contribution is -2.36. The van der Waals surface area contributed by atoms with Gasteiger partial charge in [0.1, 0.15) is 11.5 Å². The normalized spacial score (nSPS) is 14.1. The third-order valence-electron chi connectivity index (χ3n) is 2.71. The second-order valence-electron chi connectivity index (χ2n) is 5.45. The van der Waals surface area contributed by atoms with E-state index in [0.717, 1.165) is 0 Å². The van der Waals surface area contributed by atoms with Gasteiger partial charge in [0.2, 0.25) is 0 Å². The van der Waals surface area contributed by atoms with E-state index in [9.17, 15) is 13.9 Å². The minimum Gasteiger partial charge on any atom is -0.464 e. The molecule has 3 nitrogen and oxygen atoms in total. The Balaban J connectivity index is 2.30. The number of thioether (sulfide) groups is 1. The van der Waals surface area contributed by atoms with E-state index in [-0.39, 0.29) is 11.2 Å². The molecule has 0 aliphatic heterocycles. The van der Waals surface area contributed by atoms with Gasteiger partial charge in [-0.3, -0.25) is 0 Å². The molecule has 0 amide bonds. The quantitative estimate of drug-likeness (QED) is 0.810. The summed E-state index contributed by atoms with van der Waals surface area (Å²) in [6.07, 6.45) is -0.448. The fourth-order valence-corrected chi connectivity index (χ4v) is 1.82. The van der Waals surface area contributed by atoms with Crippen LogP contribution in [0.1, 0.15) is 32.3 Å². The minimum atomic E-state index is -2.38. The number of halogens is 2. The summed E-state index contributed by atoms with van der Waals surface area (Å²) >= 11 is 0.542. The number of aliphatic hydroxyl groups excluding tert-OH is 1. The van der Waals surface area contributed by atoms with Crippen molar-refractivity contribution in [2.24, 2.45) is 5.41 Å². The molecule has 0 saturated carbocycles. The molecule has 1 aromatic heterocycles. The summed E-state index contributed by atoms with van der Waals surface area (Å²) in [5.74, 6) is -0.986. The van der Waals surface area contributed by atoms with Gasteiger partial charge in [-0.25, -0.2) is 0 Å². The molecule has 19 heavy (non-hydrogen) atoms. The number of alkyl halides is 2. The van der Waals surface area contributed by atoms with E-state index in [1.165, 1.54) is 0 Å². The maximum atomic E-state index is 12.0. The van der Waals surface area contributed by atoms with Crippen molar-refractivity contribution in [3.8, 4) is 0 Å². The molecule has 0 aliphatic rings. The number of hydrogen-bond donors (Lipinski definition) is 2. The summed E-state index contributed by atoms with van der Waals surface area (Å²) in [4.78, 5) is 0. The standard InChI is InChI=1S/C13H21F2NO2S/c1-13(2,3)11(17)7-16-6-9-4-5-10(18-9)8-19-12(14)15/h4-5,11-12,16-17H,6-8H2,1-3H3. The molecule has 1 atom stereocenters.